The lowest BCUT2D eigenvalue weighted by Crippen LogP contribution is -2.20. The zero-order chi connectivity index (χ0) is 10.3. The fourth-order valence-electron chi connectivity index (χ4n) is 3.08. The number of rotatable bonds is 2. The summed E-state index contributed by atoms with van der Waals surface area (Å²) in [5, 5.41) is 0. The molecule has 1 heteroatoms. The number of nitrogens with zero attached hydrogens (tertiary/aromatic N) is 1. The van der Waals surface area contributed by atoms with Crippen molar-refractivity contribution in [3.05, 3.63) is 35.9 Å². The molecule has 0 bridgehead atoms. The van der Waals surface area contributed by atoms with Gasteiger partial charge in [0.1, 0.15) is 0 Å². The summed E-state index contributed by atoms with van der Waals surface area (Å²) in [7, 11) is 0. The van der Waals surface area contributed by atoms with Crippen LogP contribution in [0, 0.1) is 11.3 Å². The highest BCUT2D eigenvalue weighted by molar-refractivity contribution is 5.15. The van der Waals surface area contributed by atoms with Crippen LogP contribution in [0.2, 0.25) is 0 Å². The van der Waals surface area contributed by atoms with Crippen LogP contribution in [0.15, 0.2) is 30.3 Å². The van der Waals surface area contributed by atoms with Gasteiger partial charge >= 0.3 is 0 Å². The maximum absolute atomic E-state index is 2.62. The highest BCUT2D eigenvalue weighted by atomic mass is 15.2. The van der Waals surface area contributed by atoms with Crippen molar-refractivity contribution < 1.29 is 0 Å². The summed E-state index contributed by atoms with van der Waals surface area (Å²) in [6.07, 6.45) is 2.90. The van der Waals surface area contributed by atoms with Crippen LogP contribution in [0.25, 0.3) is 0 Å². The Hall–Kier alpha value is -0.820. The minimum absolute atomic E-state index is 0.731. The molecular formula is C14H19N. The first-order valence-electron chi connectivity index (χ1n) is 6.05. The molecular weight excluding hydrogens is 182 g/mol. The van der Waals surface area contributed by atoms with Gasteiger partial charge in [0.25, 0.3) is 0 Å². The van der Waals surface area contributed by atoms with Gasteiger partial charge in [-0.2, -0.15) is 0 Å². The fourth-order valence-corrected chi connectivity index (χ4v) is 3.08. The molecule has 80 valence electrons. The van der Waals surface area contributed by atoms with E-state index in [9.17, 15) is 0 Å². The second kappa shape index (κ2) is 3.34. The standard InChI is InChI=1S/C14H19N/c1-12-9-14(12)7-8-15(11-14)10-13-5-3-2-4-6-13/h2-6,12H,7-11H2,1H3/t12-,14?/m1/s1. The van der Waals surface area contributed by atoms with Crippen molar-refractivity contribution in [2.24, 2.45) is 11.3 Å². The molecule has 15 heavy (non-hydrogen) atoms. The van der Waals surface area contributed by atoms with Gasteiger partial charge in [0.2, 0.25) is 0 Å². The summed E-state index contributed by atoms with van der Waals surface area (Å²) < 4.78 is 0. The van der Waals surface area contributed by atoms with Crippen LogP contribution in [-0.4, -0.2) is 18.0 Å². The van der Waals surface area contributed by atoms with Gasteiger partial charge in [-0.1, -0.05) is 37.3 Å². The van der Waals surface area contributed by atoms with Crippen LogP contribution in [0.4, 0.5) is 0 Å². The van der Waals surface area contributed by atoms with Gasteiger partial charge < -0.3 is 0 Å². The first-order valence-corrected chi connectivity index (χ1v) is 6.05. The topological polar surface area (TPSA) is 3.24 Å². The molecule has 2 fully saturated rings. The largest absolute Gasteiger partial charge is 0.299 e. The summed E-state index contributed by atoms with van der Waals surface area (Å²) in [5.41, 5.74) is 2.19. The summed E-state index contributed by atoms with van der Waals surface area (Å²) in [5.74, 6) is 0.985. The molecule has 1 aliphatic carbocycles. The predicted octanol–water partition coefficient (Wildman–Crippen LogP) is 2.92. The maximum atomic E-state index is 2.62. The quantitative estimate of drug-likeness (QED) is 0.711. The van der Waals surface area contributed by atoms with E-state index in [1.807, 2.05) is 0 Å². The molecule has 1 unspecified atom stereocenters. The predicted molar refractivity (Wildman–Crippen MR) is 62.6 cm³/mol. The van der Waals surface area contributed by atoms with Crippen molar-refractivity contribution in [1.82, 2.24) is 4.90 Å². The van der Waals surface area contributed by atoms with Crippen molar-refractivity contribution >= 4 is 0 Å². The average Bonchev–Trinajstić information content (AvgIpc) is 2.69. The molecule has 0 amide bonds. The fraction of sp³-hybridized carbons (Fsp3) is 0.571. The van der Waals surface area contributed by atoms with E-state index in [4.69, 9.17) is 0 Å². The highest BCUT2D eigenvalue weighted by Crippen LogP contribution is 2.58. The number of hydrogen-bond donors (Lipinski definition) is 0. The van der Waals surface area contributed by atoms with E-state index in [1.54, 1.807) is 0 Å². The lowest BCUT2D eigenvalue weighted by molar-refractivity contribution is 0.307. The molecule has 1 saturated heterocycles. The van der Waals surface area contributed by atoms with E-state index in [0.717, 1.165) is 17.9 Å². The zero-order valence-corrected chi connectivity index (χ0v) is 9.45. The van der Waals surface area contributed by atoms with Crippen molar-refractivity contribution in [3.63, 3.8) is 0 Å². The zero-order valence-electron chi connectivity index (χ0n) is 9.45. The van der Waals surface area contributed by atoms with Crippen molar-refractivity contribution in [1.29, 1.82) is 0 Å². The van der Waals surface area contributed by atoms with E-state index in [2.05, 4.69) is 42.2 Å². The Morgan fingerprint density at radius 1 is 1.33 bits per heavy atom. The lowest BCUT2D eigenvalue weighted by atomic mass is 10.0. The van der Waals surface area contributed by atoms with Gasteiger partial charge in [0, 0.05) is 13.1 Å². The molecule has 1 aromatic rings. The van der Waals surface area contributed by atoms with Gasteiger partial charge in [0.05, 0.1) is 0 Å². The Kier molecular flexibility index (Phi) is 2.10. The third-order valence-corrected chi connectivity index (χ3v) is 4.31. The molecule has 1 saturated carbocycles. The molecule has 1 aromatic carbocycles. The minimum Gasteiger partial charge on any atom is -0.299 e. The molecule has 0 radical (unpaired) electrons. The third-order valence-electron chi connectivity index (χ3n) is 4.31. The van der Waals surface area contributed by atoms with E-state index >= 15 is 0 Å². The maximum Gasteiger partial charge on any atom is 0.0233 e. The van der Waals surface area contributed by atoms with Crippen LogP contribution >= 0.6 is 0 Å². The normalized spacial score (nSPS) is 34.9. The van der Waals surface area contributed by atoms with E-state index in [-0.39, 0.29) is 0 Å². The Morgan fingerprint density at radius 2 is 2.07 bits per heavy atom. The monoisotopic (exact) mass is 201 g/mol. The molecule has 1 aliphatic heterocycles. The summed E-state index contributed by atoms with van der Waals surface area (Å²) in [6, 6.07) is 10.8. The first kappa shape index (κ1) is 9.41. The Balaban J connectivity index is 1.62. The van der Waals surface area contributed by atoms with Gasteiger partial charge in [-0.05, 0) is 36.3 Å². The molecule has 0 N–H and O–H groups in total. The summed E-state index contributed by atoms with van der Waals surface area (Å²) >= 11 is 0. The Labute approximate surface area is 92.1 Å². The van der Waals surface area contributed by atoms with Gasteiger partial charge in [-0.25, -0.2) is 0 Å². The van der Waals surface area contributed by atoms with Crippen molar-refractivity contribution in [2.75, 3.05) is 13.1 Å². The van der Waals surface area contributed by atoms with Crippen LogP contribution < -0.4 is 0 Å². The van der Waals surface area contributed by atoms with E-state index in [1.165, 1.54) is 31.5 Å². The Morgan fingerprint density at radius 3 is 2.67 bits per heavy atom. The number of likely N-dealkylation sites (tertiary alicyclic amines) is 1. The molecule has 1 nitrogen and oxygen atoms in total. The average molecular weight is 201 g/mol. The number of hydrogen-bond acceptors (Lipinski definition) is 1. The van der Waals surface area contributed by atoms with Gasteiger partial charge in [-0.3, -0.25) is 4.90 Å². The minimum atomic E-state index is 0.731. The molecule has 2 atom stereocenters. The van der Waals surface area contributed by atoms with Crippen LogP contribution in [0.3, 0.4) is 0 Å². The summed E-state index contributed by atoms with van der Waals surface area (Å²) in [6.45, 7) is 6.20. The van der Waals surface area contributed by atoms with E-state index < -0.39 is 0 Å². The second-order valence-corrected chi connectivity index (χ2v) is 5.41. The first-order chi connectivity index (χ1) is 7.28. The van der Waals surface area contributed by atoms with Crippen molar-refractivity contribution in [3.8, 4) is 0 Å². The molecule has 2 aliphatic rings. The van der Waals surface area contributed by atoms with Crippen LogP contribution in [0.1, 0.15) is 25.3 Å². The lowest BCUT2D eigenvalue weighted by Gasteiger charge is -2.15. The summed E-state index contributed by atoms with van der Waals surface area (Å²) in [4.78, 5) is 2.62. The van der Waals surface area contributed by atoms with Gasteiger partial charge in [0.15, 0.2) is 0 Å². The van der Waals surface area contributed by atoms with Crippen LogP contribution in [-0.2, 0) is 6.54 Å². The SMILES string of the molecule is C[C@@H]1CC12CCN(Cc1ccccc1)C2. The van der Waals surface area contributed by atoms with Crippen LogP contribution in [0.5, 0.6) is 0 Å². The molecule has 0 aromatic heterocycles. The van der Waals surface area contributed by atoms with Gasteiger partial charge in [-0.15, -0.1) is 0 Å². The smallest absolute Gasteiger partial charge is 0.0233 e. The Bertz CT molecular complexity index is 346. The molecule has 1 spiro atoms. The highest BCUT2D eigenvalue weighted by Gasteiger charge is 2.54. The number of benzene rings is 1. The van der Waals surface area contributed by atoms with E-state index in [0.29, 0.717) is 0 Å². The third kappa shape index (κ3) is 1.69. The van der Waals surface area contributed by atoms with Crippen molar-refractivity contribution in [2.45, 2.75) is 26.3 Å². The molecule has 3 rings (SSSR count). The second-order valence-electron chi connectivity index (χ2n) is 5.41. The molecule has 1 heterocycles.